The van der Waals surface area contributed by atoms with Gasteiger partial charge in [-0.05, 0) is 6.42 Å². The van der Waals surface area contributed by atoms with Crippen LogP contribution in [0.5, 0.6) is 0 Å². The molecule has 0 aromatic rings. The summed E-state index contributed by atoms with van der Waals surface area (Å²) in [6.07, 6.45) is 3.11. The minimum absolute atomic E-state index is 0.207. The zero-order chi connectivity index (χ0) is 12.6. The number of carbonyl (C=O) groups is 1. The molecule has 0 aliphatic rings. The third-order valence-corrected chi connectivity index (χ3v) is 3.68. The van der Waals surface area contributed by atoms with Crippen LogP contribution in [0, 0.1) is 0 Å². The van der Waals surface area contributed by atoms with E-state index in [1.807, 2.05) is 6.92 Å². The van der Waals surface area contributed by atoms with Crippen LogP contribution >= 0.6 is 0 Å². The molecule has 7 heteroatoms. The van der Waals surface area contributed by atoms with Crippen LogP contribution in [0.2, 0.25) is 0 Å². The minimum Gasteiger partial charge on any atom is -0.460 e. The van der Waals surface area contributed by atoms with E-state index in [0.29, 0.717) is 6.42 Å². The molecule has 0 aromatic heterocycles. The van der Waals surface area contributed by atoms with Crippen LogP contribution in [0.3, 0.4) is 0 Å². The monoisotopic (exact) mass is 248 g/mol. The lowest BCUT2D eigenvalue weighted by Gasteiger charge is -1.98. The van der Waals surface area contributed by atoms with E-state index in [0.717, 1.165) is 26.4 Å². The highest BCUT2D eigenvalue weighted by atomic mass is 32.2. The molecule has 0 rings (SSSR count). The molecule has 0 unspecified atom stereocenters. The molecule has 0 amide bonds. The first-order valence-electron chi connectivity index (χ1n) is 5.02. The Labute approximate surface area is 95.1 Å². The van der Waals surface area contributed by atoms with Gasteiger partial charge >= 0.3 is 11.0 Å². The van der Waals surface area contributed by atoms with E-state index in [1.54, 1.807) is 0 Å². The molecule has 0 saturated heterocycles. The number of sulfone groups is 1. The number of rotatable bonds is 5. The number of esters is 1. The molecular weight excluding hydrogens is 232 g/mol. The van der Waals surface area contributed by atoms with E-state index in [-0.39, 0.29) is 5.75 Å². The average molecular weight is 248 g/mol. The predicted molar refractivity (Wildman–Crippen MR) is 58.6 cm³/mol. The van der Waals surface area contributed by atoms with Crippen molar-refractivity contribution in [2.45, 2.75) is 32.6 Å². The van der Waals surface area contributed by atoms with Gasteiger partial charge < -0.3 is 10.3 Å². The molecule has 0 atom stereocenters. The first-order valence-corrected chi connectivity index (χ1v) is 6.68. The van der Waals surface area contributed by atoms with Crippen LogP contribution in [0.1, 0.15) is 32.6 Å². The number of hydrogen-bond donors (Lipinski definition) is 0. The van der Waals surface area contributed by atoms with Crippen molar-refractivity contribution in [2.24, 2.45) is 0 Å². The minimum atomic E-state index is -3.84. The zero-order valence-electron chi connectivity index (χ0n) is 9.47. The van der Waals surface area contributed by atoms with E-state index < -0.39 is 20.9 Å². The van der Waals surface area contributed by atoms with Crippen molar-refractivity contribution in [2.75, 3.05) is 12.9 Å². The van der Waals surface area contributed by atoms with Crippen LogP contribution in [0.25, 0.3) is 5.53 Å². The van der Waals surface area contributed by atoms with Crippen LogP contribution in [0.15, 0.2) is 0 Å². The Morgan fingerprint density at radius 2 is 1.94 bits per heavy atom. The van der Waals surface area contributed by atoms with Gasteiger partial charge in [0.15, 0.2) is 0 Å². The SMILES string of the molecule is CCCCCCS(=O)(=O)C(=[N+]=[N-])C(=O)OC. The van der Waals surface area contributed by atoms with Gasteiger partial charge in [0.05, 0.1) is 12.9 Å². The molecule has 0 N–H and O–H groups in total. The summed E-state index contributed by atoms with van der Waals surface area (Å²) < 4.78 is 27.3. The molecule has 16 heavy (non-hydrogen) atoms. The summed E-state index contributed by atoms with van der Waals surface area (Å²) in [7, 11) is -2.81. The molecule has 6 nitrogen and oxygen atoms in total. The first kappa shape index (κ1) is 14.8. The normalized spacial score (nSPS) is 10.6. The van der Waals surface area contributed by atoms with Gasteiger partial charge in [-0.3, -0.25) is 0 Å². The highest BCUT2D eigenvalue weighted by Crippen LogP contribution is 2.04. The smallest absolute Gasteiger partial charge is 0.460 e. The molecule has 92 valence electrons. The van der Waals surface area contributed by atoms with Crippen molar-refractivity contribution < 1.29 is 22.7 Å². The standard InChI is InChI=1S/C9H16N2O4S/c1-3-4-5-6-7-16(13,14)8(11-10)9(12)15-2/h3-7H2,1-2H3. The second-order valence-electron chi connectivity index (χ2n) is 3.28. The Kier molecular flexibility index (Phi) is 6.60. The van der Waals surface area contributed by atoms with Gasteiger partial charge in [-0.25, -0.2) is 13.2 Å². The van der Waals surface area contributed by atoms with E-state index in [9.17, 15) is 13.2 Å². The summed E-state index contributed by atoms with van der Waals surface area (Å²) in [5.74, 6) is -1.35. The molecule has 0 radical (unpaired) electrons. The molecule has 0 aliphatic heterocycles. The number of nitrogens with zero attached hydrogens (tertiary/aromatic N) is 2. The maximum atomic E-state index is 11.5. The van der Waals surface area contributed by atoms with Gasteiger partial charge in [0.25, 0.3) is 9.84 Å². The predicted octanol–water partition coefficient (Wildman–Crippen LogP) is 0.783. The van der Waals surface area contributed by atoms with Crippen LogP contribution in [-0.4, -0.2) is 37.1 Å². The third kappa shape index (κ3) is 4.55. The average Bonchev–Trinajstić information content (AvgIpc) is 2.24. The maximum Gasteiger partial charge on any atom is 0.488 e. The summed E-state index contributed by atoms with van der Waals surface area (Å²) in [6.45, 7) is 2.00. The molecule has 0 saturated carbocycles. The lowest BCUT2D eigenvalue weighted by molar-refractivity contribution is -0.136. The van der Waals surface area contributed by atoms with Crippen molar-refractivity contribution in [1.82, 2.24) is 0 Å². The van der Waals surface area contributed by atoms with Gasteiger partial charge in [-0.2, -0.15) is 0 Å². The van der Waals surface area contributed by atoms with Gasteiger partial charge in [-0.15, -0.1) is 4.79 Å². The first-order chi connectivity index (χ1) is 7.49. The molecule has 0 fully saturated rings. The zero-order valence-corrected chi connectivity index (χ0v) is 10.3. The van der Waals surface area contributed by atoms with Crippen molar-refractivity contribution in [3.05, 3.63) is 5.53 Å². The van der Waals surface area contributed by atoms with Crippen molar-refractivity contribution in [3.63, 3.8) is 0 Å². The Morgan fingerprint density at radius 1 is 1.31 bits per heavy atom. The number of ether oxygens (including phenoxy) is 1. The Bertz CT molecular complexity index is 382. The summed E-state index contributed by atoms with van der Waals surface area (Å²) in [6, 6.07) is 0. The van der Waals surface area contributed by atoms with Gasteiger partial charge in [0, 0.05) is 0 Å². The summed E-state index contributed by atoms with van der Waals surface area (Å²) in [4.78, 5) is 13.5. The molecule has 0 heterocycles. The van der Waals surface area contributed by atoms with Crippen LogP contribution in [-0.2, 0) is 19.4 Å². The number of unbranched alkanes of at least 4 members (excludes halogenated alkanes) is 3. The molecule has 0 bridgehead atoms. The number of hydrogen-bond acceptors (Lipinski definition) is 4. The lowest BCUT2D eigenvalue weighted by Crippen LogP contribution is -2.28. The van der Waals surface area contributed by atoms with Crippen molar-refractivity contribution >= 4 is 20.9 Å². The van der Waals surface area contributed by atoms with E-state index >= 15 is 0 Å². The Balaban J connectivity index is 4.53. The van der Waals surface area contributed by atoms with Crippen LogP contribution in [0.4, 0.5) is 0 Å². The van der Waals surface area contributed by atoms with Crippen molar-refractivity contribution in [1.29, 1.82) is 0 Å². The Hall–Kier alpha value is -1.20. The summed E-state index contributed by atoms with van der Waals surface area (Å²) in [5.41, 5.74) is 8.47. The lowest BCUT2D eigenvalue weighted by atomic mass is 10.2. The van der Waals surface area contributed by atoms with E-state index in [1.165, 1.54) is 0 Å². The summed E-state index contributed by atoms with van der Waals surface area (Å²) in [5, 5.41) is -0.925. The van der Waals surface area contributed by atoms with E-state index in [4.69, 9.17) is 5.53 Å². The molecule has 0 aromatic carbocycles. The van der Waals surface area contributed by atoms with Gasteiger partial charge in [0.1, 0.15) is 0 Å². The molecule has 0 spiro atoms. The van der Waals surface area contributed by atoms with E-state index in [2.05, 4.69) is 9.53 Å². The topological polar surface area (TPSA) is 96.8 Å². The fourth-order valence-corrected chi connectivity index (χ4v) is 2.37. The van der Waals surface area contributed by atoms with Gasteiger partial charge in [0.2, 0.25) is 0 Å². The quantitative estimate of drug-likeness (QED) is 0.179. The number of methoxy groups -OCH3 is 1. The number of carbonyl (C=O) groups excluding carboxylic acids is 1. The molecular formula is C9H16N2O4S. The second kappa shape index (κ2) is 7.14. The third-order valence-electron chi connectivity index (χ3n) is 2.01. The van der Waals surface area contributed by atoms with Crippen molar-refractivity contribution in [3.8, 4) is 0 Å². The second-order valence-corrected chi connectivity index (χ2v) is 5.30. The fourth-order valence-electron chi connectivity index (χ4n) is 1.13. The van der Waals surface area contributed by atoms with Crippen LogP contribution < -0.4 is 0 Å². The maximum absolute atomic E-state index is 11.5. The highest BCUT2D eigenvalue weighted by molar-refractivity contribution is 8.07. The largest absolute Gasteiger partial charge is 0.488 e. The molecule has 0 aliphatic carbocycles. The fraction of sp³-hybridized carbons (Fsp3) is 0.778. The van der Waals surface area contributed by atoms with Gasteiger partial charge in [-0.1, -0.05) is 26.2 Å². The Morgan fingerprint density at radius 3 is 2.38 bits per heavy atom. The summed E-state index contributed by atoms with van der Waals surface area (Å²) >= 11 is 0. The highest BCUT2D eigenvalue weighted by Gasteiger charge is 2.36.